The Morgan fingerprint density at radius 3 is 2.31 bits per heavy atom. The van der Waals surface area contributed by atoms with Gasteiger partial charge in [-0.1, -0.05) is 39.0 Å². The molecule has 210 valence electrons. The Hall–Kier alpha value is -3.08. The monoisotopic (exact) mass is 569 g/mol. The predicted octanol–water partition coefficient (Wildman–Crippen LogP) is 6.35. The summed E-state index contributed by atoms with van der Waals surface area (Å²) in [6, 6.07) is 16.6. The van der Waals surface area contributed by atoms with E-state index in [4.69, 9.17) is 13.9 Å². The first kappa shape index (κ1) is 28.9. The summed E-state index contributed by atoms with van der Waals surface area (Å²) in [5, 5.41) is 1.95. The molecule has 2 aromatic heterocycles. The number of fused-ring (bicyclic) bond motifs is 3. The molecule has 0 saturated heterocycles. The van der Waals surface area contributed by atoms with Crippen molar-refractivity contribution in [1.29, 1.82) is 0 Å². The van der Waals surface area contributed by atoms with Crippen LogP contribution in [0.2, 0.25) is 18.1 Å². The van der Waals surface area contributed by atoms with Crippen molar-refractivity contribution in [2.24, 2.45) is 7.05 Å². The van der Waals surface area contributed by atoms with Gasteiger partial charge in [0.25, 0.3) is 10.0 Å². The van der Waals surface area contributed by atoms with Crippen molar-refractivity contribution in [3.63, 3.8) is 0 Å². The lowest BCUT2D eigenvalue weighted by Gasteiger charge is -2.36. The second kappa shape index (κ2) is 10.8. The molecule has 4 aromatic rings. The fourth-order valence-corrected chi connectivity index (χ4v) is 7.04. The molecule has 0 saturated carbocycles. The van der Waals surface area contributed by atoms with Crippen molar-refractivity contribution in [2.45, 2.75) is 50.2 Å². The predicted molar refractivity (Wildman–Crippen MR) is 160 cm³/mol. The van der Waals surface area contributed by atoms with Gasteiger partial charge in [0.15, 0.2) is 8.32 Å². The van der Waals surface area contributed by atoms with Crippen LogP contribution in [-0.2, 0) is 21.5 Å². The molecule has 0 unspecified atom stereocenters. The van der Waals surface area contributed by atoms with Gasteiger partial charge in [0.05, 0.1) is 19.1 Å². The van der Waals surface area contributed by atoms with E-state index in [9.17, 15) is 8.42 Å². The van der Waals surface area contributed by atoms with Crippen LogP contribution in [0.5, 0.6) is 11.8 Å². The zero-order valence-corrected chi connectivity index (χ0v) is 25.9. The summed E-state index contributed by atoms with van der Waals surface area (Å²) < 4.78 is 49.1. The number of sulfonamides is 1. The van der Waals surface area contributed by atoms with Gasteiger partial charge in [-0.25, -0.2) is 8.42 Å². The maximum Gasteiger partial charge on any atom is 0.264 e. The standard InChI is InChI=1S/C29H39N3O5SSi/c1-29(2,3)39(7,8)37-19-11-18-32(26-16-17-27(35-5)30-28(26)36-6)38(33,34)21-14-15-25-23(20-21)22-12-9-10-13-24(22)31(25)4/h9-10,12-17,20H,11,18-19H2,1-8H3. The molecule has 0 aliphatic carbocycles. The Labute approximate surface area is 232 Å². The molecule has 0 fully saturated rings. The van der Waals surface area contributed by atoms with Gasteiger partial charge in [-0.3, -0.25) is 4.31 Å². The molecule has 4 rings (SSSR count). The number of hydrogen-bond donors (Lipinski definition) is 0. The summed E-state index contributed by atoms with van der Waals surface area (Å²) in [7, 11) is -0.991. The van der Waals surface area contributed by atoms with Crippen LogP contribution in [0.15, 0.2) is 59.5 Å². The minimum atomic E-state index is -3.98. The molecule has 10 heteroatoms. The molecule has 39 heavy (non-hydrogen) atoms. The number of hydrogen-bond acceptors (Lipinski definition) is 6. The molecule has 0 N–H and O–H groups in total. The second-order valence-electron chi connectivity index (χ2n) is 11.2. The quantitative estimate of drug-likeness (QED) is 0.163. The Bertz CT molecular complexity index is 1590. The maximum absolute atomic E-state index is 14.3. The van der Waals surface area contributed by atoms with E-state index in [1.54, 1.807) is 24.3 Å². The van der Waals surface area contributed by atoms with Crippen molar-refractivity contribution in [1.82, 2.24) is 9.55 Å². The molecule has 0 bridgehead atoms. The molecule has 0 radical (unpaired) electrons. The van der Waals surface area contributed by atoms with E-state index in [0.29, 0.717) is 24.6 Å². The highest BCUT2D eigenvalue weighted by molar-refractivity contribution is 7.92. The van der Waals surface area contributed by atoms with E-state index < -0.39 is 18.3 Å². The fraction of sp³-hybridized carbons (Fsp3) is 0.414. The van der Waals surface area contributed by atoms with Crippen LogP contribution in [-0.4, -0.2) is 53.7 Å². The van der Waals surface area contributed by atoms with Gasteiger partial charge in [0.1, 0.15) is 5.69 Å². The van der Waals surface area contributed by atoms with Crippen LogP contribution in [0.1, 0.15) is 27.2 Å². The molecule has 0 aliphatic heterocycles. The summed E-state index contributed by atoms with van der Waals surface area (Å²) in [4.78, 5) is 4.56. The molecule has 2 heterocycles. The number of anilines is 1. The molecule has 0 aliphatic rings. The van der Waals surface area contributed by atoms with E-state index in [1.165, 1.54) is 18.5 Å². The molecule has 0 atom stereocenters. The lowest BCUT2D eigenvalue weighted by atomic mass is 10.1. The summed E-state index contributed by atoms with van der Waals surface area (Å²) in [6.07, 6.45) is 0.511. The first-order valence-corrected chi connectivity index (χ1v) is 17.4. The molecule has 2 aromatic carbocycles. The van der Waals surface area contributed by atoms with Gasteiger partial charge in [-0.05, 0) is 54.9 Å². The average Bonchev–Trinajstić information content (AvgIpc) is 3.19. The highest BCUT2D eigenvalue weighted by Gasteiger charge is 2.37. The highest BCUT2D eigenvalue weighted by atomic mass is 32.2. The SMILES string of the molecule is COc1ccc(N(CCCO[Si](C)(C)C(C)(C)C)S(=O)(=O)c2ccc3c(c2)c2ccccc2n3C)c(OC)n1. The highest BCUT2D eigenvalue weighted by Crippen LogP contribution is 2.38. The van der Waals surface area contributed by atoms with E-state index in [0.717, 1.165) is 21.8 Å². The van der Waals surface area contributed by atoms with Crippen LogP contribution in [0.4, 0.5) is 5.69 Å². The van der Waals surface area contributed by atoms with Gasteiger partial charge < -0.3 is 18.5 Å². The van der Waals surface area contributed by atoms with Crippen molar-refractivity contribution >= 4 is 45.8 Å². The topological polar surface area (TPSA) is 82.9 Å². The molecule has 8 nitrogen and oxygen atoms in total. The maximum atomic E-state index is 14.3. The summed E-state index contributed by atoms with van der Waals surface area (Å²) in [5.41, 5.74) is 2.36. The first-order chi connectivity index (χ1) is 18.3. The van der Waals surface area contributed by atoms with Gasteiger partial charge in [0.2, 0.25) is 11.8 Å². The van der Waals surface area contributed by atoms with Crippen LogP contribution in [0, 0.1) is 0 Å². The fourth-order valence-electron chi connectivity index (χ4n) is 4.43. The number of methoxy groups -OCH3 is 2. The van der Waals surface area contributed by atoms with Crippen LogP contribution in [0.3, 0.4) is 0 Å². The van der Waals surface area contributed by atoms with Crippen molar-refractivity contribution in [2.75, 3.05) is 31.7 Å². The number of rotatable bonds is 10. The van der Waals surface area contributed by atoms with Gasteiger partial charge in [-0.2, -0.15) is 4.98 Å². The Balaban J connectivity index is 1.75. The average molecular weight is 570 g/mol. The van der Waals surface area contributed by atoms with Crippen molar-refractivity contribution in [3.8, 4) is 11.8 Å². The van der Waals surface area contributed by atoms with Gasteiger partial charge in [0, 0.05) is 48.1 Å². The first-order valence-electron chi connectivity index (χ1n) is 13.0. The number of ether oxygens (including phenoxy) is 2. The van der Waals surface area contributed by atoms with E-state index in [-0.39, 0.29) is 22.4 Å². The van der Waals surface area contributed by atoms with Crippen LogP contribution >= 0.6 is 0 Å². The summed E-state index contributed by atoms with van der Waals surface area (Å²) in [6.45, 7) is 11.6. The number of aromatic nitrogens is 2. The zero-order chi connectivity index (χ0) is 28.6. The summed E-state index contributed by atoms with van der Waals surface area (Å²) >= 11 is 0. The molecular weight excluding hydrogens is 530 g/mol. The van der Waals surface area contributed by atoms with Crippen molar-refractivity contribution in [3.05, 3.63) is 54.6 Å². The molecular formula is C29H39N3O5SSi. The third-order valence-corrected chi connectivity index (χ3v) is 14.1. The Morgan fingerprint density at radius 1 is 0.949 bits per heavy atom. The number of pyridine rings is 1. The smallest absolute Gasteiger partial charge is 0.264 e. The summed E-state index contributed by atoms with van der Waals surface area (Å²) in [5.74, 6) is 0.515. The van der Waals surface area contributed by atoms with Crippen LogP contribution < -0.4 is 13.8 Å². The third kappa shape index (κ3) is 5.50. The van der Waals surface area contributed by atoms with E-state index >= 15 is 0 Å². The lowest BCUT2D eigenvalue weighted by Crippen LogP contribution is -2.41. The lowest BCUT2D eigenvalue weighted by molar-refractivity contribution is 0.284. The number of benzene rings is 2. The van der Waals surface area contributed by atoms with Gasteiger partial charge >= 0.3 is 0 Å². The number of aryl methyl sites for hydroxylation is 1. The minimum Gasteiger partial charge on any atom is -0.481 e. The normalized spacial score (nSPS) is 12.7. The van der Waals surface area contributed by atoms with E-state index in [2.05, 4.69) is 43.4 Å². The van der Waals surface area contributed by atoms with Gasteiger partial charge in [-0.15, -0.1) is 0 Å². The Kier molecular flexibility index (Phi) is 8.02. The Morgan fingerprint density at radius 2 is 1.64 bits per heavy atom. The molecule has 0 spiro atoms. The third-order valence-electron chi connectivity index (χ3n) is 7.73. The molecule has 0 amide bonds. The van der Waals surface area contributed by atoms with E-state index in [1.807, 2.05) is 37.4 Å². The van der Waals surface area contributed by atoms with Crippen LogP contribution in [0.25, 0.3) is 21.8 Å². The second-order valence-corrected chi connectivity index (χ2v) is 17.8. The van der Waals surface area contributed by atoms with Crippen molar-refractivity contribution < 1.29 is 22.3 Å². The zero-order valence-electron chi connectivity index (χ0n) is 24.1. The number of para-hydroxylation sites is 1. The largest absolute Gasteiger partial charge is 0.481 e. The minimum absolute atomic E-state index is 0.0652. The number of nitrogens with zero attached hydrogens (tertiary/aromatic N) is 3.